The molecule has 0 heterocycles. The van der Waals surface area contributed by atoms with Gasteiger partial charge in [0, 0.05) is 8.41 Å². The molecule has 0 aromatic heterocycles. The van der Waals surface area contributed by atoms with E-state index in [0.29, 0.717) is 0 Å². The summed E-state index contributed by atoms with van der Waals surface area (Å²) in [6.07, 6.45) is 3.55. The molecule has 0 fully saturated rings. The molecule has 2 aromatic rings. The Morgan fingerprint density at radius 3 is 2.44 bits per heavy atom. The zero-order valence-electron chi connectivity index (χ0n) is 9.54. The summed E-state index contributed by atoms with van der Waals surface area (Å²) in [6.45, 7) is 4.68. The first-order valence-corrected chi connectivity index (χ1v) is 8.07. The minimum Gasteiger partial charge on any atom is -0.0616 e. The number of benzene rings is 2. The van der Waals surface area contributed by atoms with Crippen LogP contribution in [0.15, 0.2) is 42.5 Å². The van der Waals surface area contributed by atoms with Crippen molar-refractivity contribution in [3.8, 4) is 11.1 Å². The van der Waals surface area contributed by atoms with Gasteiger partial charge in [0.25, 0.3) is 0 Å². The van der Waals surface area contributed by atoms with Crippen molar-refractivity contribution in [3.05, 3.63) is 58.1 Å². The first-order valence-electron chi connectivity index (χ1n) is 5.57. The molecular weight excluding hydrogens is 208 g/mol. The maximum absolute atomic E-state index is 3.55. The SMILES string of the molecule is C[Si](C)=c1cccc2c1=[C]c1ccccc1-2. The summed E-state index contributed by atoms with van der Waals surface area (Å²) < 4.78 is 0. The van der Waals surface area contributed by atoms with Crippen molar-refractivity contribution in [1.82, 2.24) is 0 Å². The second-order valence-corrected chi connectivity index (χ2v) is 6.94. The predicted molar refractivity (Wildman–Crippen MR) is 70.3 cm³/mol. The van der Waals surface area contributed by atoms with E-state index in [1.54, 1.807) is 0 Å². The topological polar surface area (TPSA) is 0 Å². The Balaban J connectivity index is 2.49. The maximum Gasteiger partial charge on any atom is 0.0136 e. The molecule has 0 atom stereocenters. The molecule has 77 valence electrons. The van der Waals surface area contributed by atoms with Crippen molar-refractivity contribution >= 4 is 14.5 Å². The monoisotopic (exact) mass is 221 g/mol. The maximum atomic E-state index is 3.55. The molecule has 2 aromatic carbocycles. The lowest BCUT2D eigenvalue weighted by atomic mass is 10.1. The fourth-order valence-electron chi connectivity index (χ4n) is 2.29. The molecule has 0 bridgehead atoms. The summed E-state index contributed by atoms with van der Waals surface area (Å²) in [6, 6.07) is 15.2. The van der Waals surface area contributed by atoms with Gasteiger partial charge >= 0.3 is 0 Å². The van der Waals surface area contributed by atoms with Gasteiger partial charge in [0.15, 0.2) is 0 Å². The Kier molecular flexibility index (Phi) is 2.15. The summed E-state index contributed by atoms with van der Waals surface area (Å²) in [7, 11) is -0.415. The van der Waals surface area contributed by atoms with E-state index in [0.717, 1.165) is 0 Å². The van der Waals surface area contributed by atoms with E-state index in [-0.39, 0.29) is 0 Å². The van der Waals surface area contributed by atoms with Crippen LogP contribution in [0.2, 0.25) is 13.1 Å². The highest BCUT2D eigenvalue weighted by atomic mass is 28.2. The highest BCUT2D eigenvalue weighted by Crippen LogP contribution is 2.25. The molecule has 0 spiro atoms. The Morgan fingerprint density at radius 2 is 1.62 bits per heavy atom. The second kappa shape index (κ2) is 3.53. The molecule has 0 saturated carbocycles. The molecular formula is C15H13Si. The van der Waals surface area contributed by atoms with Gasteiger partial charge < -0.3 is 0 Å². The van der Waals surface area contributed by atoms with E-state index in [2.05, 4.69) is 61.6 Å². The number of rotatable bonds is 0. The van der Waals surface area contributed by atoms with Crippen LogP contribution < -0.4 is 5.22 Å². The van der Waals surface area contributed by atoms with Gasteiger partial charge in [0.1, 0.15) is 0 Å². The summed E-state index contributed by atoms with van der Waals surface area (Å²) >= 11 is 0. The third kappa shape index (κ3) is 1.32. The van der Waals surface area contributed by atoms with Crippen LogP contribution in [0.5, 0.6) is 0 Å². The highest BCUT2D eigenvalue weighted by Gasteiger charge is 2.11. The smallest absolute Gasteiger partial charge is 0.0136 e. The molecule has 16 heavy (non-hydrogen) atoms. The Morgan fingerprint density at radius 1 is 0.875 bits per heavy atom. The zero-order chi connectivity index (χ0) is 11.1. The number of hydrogen-bond acceptors (Lipinski definition) is 0. The van der Waals surface area contributed by atoms with Crippen molar-refractivity contribution in [2.75, 3.05) is 0 Å². The van der Waals surface area contributed by atoms with Crippen LogP contribution in [0.3, 0.4) is 0 Å². The summed E-state index contributed by atoms with van der Waals surface area (Å²) in [5.74, 6) is 0. The molecule has 1 aliphatic rings. The van der Waals surface area contributed by atoms with Crippen LogP contribution in [0.1, 0.15) is 5.56 Å². The Bertz CT molecular complexity index is 677. The highest BCUT2D eigenvalue weighted by molar-refractivity contribution is 6.47. The van der Waals surface area contributed by atoms with Crippen LogP contribution in [0, 0.1) is 4.81 Å². The van der Waals surface area contributed by atoms with Gasteiger partial charge in [-0.2, -0.15) is 0 Å². The quantitative estimate of drug-likeness (QED) is 0.512. The van der Waals surface area contributed by atoms with Crippen LogP contribution in [0.4, 0.5) is 0 Å². The second-order valence-electron chi connectivity index (χ2n) is 4.40. The van der Waals surface area contributed by atoms with Crippen molar-refractivity contribution < 1.29 is 0 Å². The first-order chi connectivity index (χ1) is 7.77. The van der Waals surface area contributed by atoms with Gasteiger partial charge in [-0.15, -0.1) is 0 Å². The van der Waals surface area contributed by atoms with Gasteiger partial charge in [-0.05, 0) is 32.8 Å². The van der Waals surface area contributed by atoms with E-state index >= 15 is 0 Å². The van der Waals surface area contributed by atoms with E-state index < -0.39 is 8.41 Å². The predicted octanol–water partition coefficient (Wildman–Crippen LogP) is 2.96. The summed E-state index contributed by atoms with van der Waals surface area (Å²) in [5, 5.41) is 1.34. The average molecular weight is 221 g/mol. The molecule has 1 radical (unpaired) electrons. The van der Waals surface area contributed by atoms with Crippen molar-refractivity contribution in [1.29, 1.82) is 0 Å². The third-order valence-corrected chi connectivity index (χ3v) is 4.57. The molecule has 0 amide bonds. The lowest BCUT2D eigenvalue weighted by Gasteiger charge is -2.00. The molecule has 1 aliphatic carbocycles. The molecule has 0 aliphatic heterocycles. The van der Waals surface area contributed by atoms with Crippen molar-refractivity contribution in [2.45, 2.75) is 13.1 Å². The van der Waals surface area contributed by atoms with Crippen LogP contribution in [-0.4, -0.2) is 8.41 Å². The minimum absolute atomic E-state index is 0.415. The molecule has 0 unspecified atom stereocenters. The molecule has 0 saturated heterocycles. The standard InChI is InChI=1S/C15H13Si/c1-16(2)15-9-5-8-13-12-7-4-3-6-11(12)10-14(13)15/h3-9H,1-2H3. The van der Waals surface area contributed by atoms with Gasteiger partial charge in [-0.1, -0.05) is 55.6 Å². The summed E-state index contributed by atoms with van der Waals surface area (Å²) in [4.78, 5) is 1.50. The van der Waals surface area contributed by atoms with Crippen molar-refractivity contribution in [3.63, 3.8) is 0 Å². The number of hydrogen-bond donors (Lipinski definition) is 0. The van der Waals surface area contributed by atoms with Crippen LogP contribution in [0.25, 0.3) is 17.2 Å². The lowest BCUT2D eigenvalue weighted by molar-refractivity contribution is 1.56. The van der Waals surface area contributed by atoms with Gasteiger partial charge in [0.2, 0.25) is 0 Å². The Labute approximate surface area is 97.1 Å². The molecule has 0 N–H and O–H groups in total. The van der Waals surface area contributed by atoms with E-state index in [9.17, 15) is 0 Å². The third-order valence-electron chi connectivity index (χ3n) is 3.08. The van der Waals surface area contributed by atoms with E-state index in [1.807, 2.05) is 0 Å². The van der Waals surface area contributed by atoms with Crippen LogP contribution >= 0.6 is 0 Å². The normalized spacial score (nSPS) is 11.6. The molecule has 1 heteroatoms. The lowest BCUT2D eigenvalue weighted by Crippen LogP contribution is -2.08. The van der Waals surface area contributed by atoms with E-state index in [1.165, 1.54) is 26.7 Å². The zero-order valence-corrected chi connectivity index (χ0v) is 10.5. The first kappa shape index (κ1) is 9.73. The fourth-order valence-corrected chi connectivity index (χ4v) is 3.42. The fraction of sp³-hybridized carbons (Fsp3) is 0.133. The average Bonchev–Trinajstić information content (AvgIpc) is 2.67. The minimum atomic E-state index is -0.415. The van der Waals surface area contributed by atoms with Gasteiger partial charge in [0.05, 0.1) is 0 Å². The van der Waals surface area contributed by atoms with Gasteiger partial charge in [-0.3, -0.25) is 0 Å². The van der Waals surface area contributed by atoms with Gasteiger partial charge in [-0.25, -0.2) is 0 Å². The van der Waals surface area contributed by atoms with Crippen LogP contribution in [-0.2, 0) is 0 Å². The van der Waals surface area contributed by atoms with E-state index in [4.69, 9.17) is 0 Å². The number of fused-ring (bicyclic) bond motifs is 3. The largest absolute Gasteiger partial charge is 0.0616 e. The molecule has 3 rings (SSSR count). The molecule has 0 nitrogen and oxygen atoms in total. The Hall–Kier alpha value is -1.47. The van der Waals surface area contributed by atoms with Crippen molar-refractivity contribution in [2.24, 2.45) is 0 Å². The summed E-state index contributed by atoms with van der Waals surface area (Å²) in [5.41, 5.74) is 3.94.